The Morgan fingerprint density at radius 2 is 1.53 bits per heavy atom. The maximum Gasteiger partial charge on any atom is 0.329 e. The number of hydrogen-bond donors (Lipinski definition) is 2. The lowest BCUT2D eigenvalue weighted by atomic mass is 10.1. The maximum absolute atomic E-state index is 12.1. The largest absolute Gasteiger partial charge is 0.329 e. The van der Waals surface area contributed by atoms with Crippen LogP contribution in [0.4, 0.5) is 5.69 Å². The van der Waals surface area contributed by atoms with Crippen molar-refractivity contribution in [3.05, 3.63) is 102 Å². The van der Waals surface area contributed by atoms with E-state index in [9.17, 15) is 9.59 Å². The van der Waals surface area contributed by atoms with Crippen LogP contribution in [0.25, 0.3) is 16.9 Å². The Labute approximate surface area is 185 Å². The van der Waals surface area contributed by atoms with Gasteiger partial charge in [-0.15, -0.1) is 0 Å². The summed E-state index contributed by atoms with van der Waals surface area (Å²) in [5.74, 6) is -1.66. The zero-order valence-corrected chi connectivity index (χ0v) is 17.4. The van der Waals surface area contributed by atoms with E-state index in [2.05, 4.69) is 20.9 Å². The average Bonchev–Trinajstić information content (AvgIpc) is 3.26. The van der Waals surface area contributed by atoms with Crippen LogP contribution in [0.3, 0.4) is 0 Å². The summed E-state index contributed by atoms with van der Waals surface area (Å²) in [5.41, 5.74) is 7.07. The van der Waals surface area contributed by atoms with Gasteiger partial charge in [0.15, 0.2) is 0 Å². The molecular formula is C25H21N5O2. The van der Waals surface area contributed by atoms with Gasteiger partial charge >= 0.3 is 11.8 Å². The van der Waals surface area contributed by atoms with Crippen LogP contribution in [0, 0.1) is 6.92 Å². The number of carbonyl (C=O) groups is 2. The lowest BCUT2D eigenvalue weighted by molar-refractivity contribution is -0.136. The molecule has 1 heterocycles. The second-order valence-corrected chi connectivity index (χ2v) is 7.10. The zero-order valence-electron chi connectivity index (χ0n) is 17.4. The van der Waals surface area contributed by atoms with Gasteiger partial charge in [-0.2, -0.15) is 10.2 Å². The first-order chi connectivity index (χ1) is 15.6. The standard InChI is InChI=1S/C25H21N5O2/c1-18-12-14-21(15-13-18)27-24(31)25(32)28-26-16-20-17-30(22-10-6-3-7-11-22)29-23(20)19-8-4-2-5-9-19/h2-17H,1H3,(H,27,31)(H,28,32)/b26-16-. The Balaban J connectivity index is 1.51. The first kappa shape index (κ1) is 20.7. The van der Waals surface area contributed by atoms with Crippen molar-refractivity contribution in [2.24, 2.45) is 5.10 Å². The quantitative estimate of drug-likeness (QED) is 0.290. The van der Waals surface area contributed by atoms with Crippen molar-refractivity contribution in [1.29, 1.82) is 0 Å². The number of nitrogens with zero attached hydrogens (tertiary/aromatic N) is 3. The molecule has 0 saturated heterocycles. The molecule has 2 amide bonds. The van der Waals surface area contributed by atoms with E-state index in [-0.39, 0.29) is 0 Å². The number of benzene rings is 3. The van der Waals surface area contributed by atoms with Gasteiger partial charge in [-0.25, -0.2) is 10.1 Å². The highest BCUT2D eigenvalue weighted by Gasteiger charge is 2.14. The van der Waals surface area contributed by atoms with Gasteiger partial charge in [-0.1, -0.05) is 66.2 Å². The Hall–Kier alpha value is -4.52. The van der Waals surface area contributed by atoms with Crippen LogP contribution in [-0.2, 0) is 9.59 Å². The summed E-state index contributed by atoms with van der Waals surface area (Å²) in [6.07, 6.45) is 3.30. The minimum Gasteiger partial charge on any atom is -0.318 e. The fourth-order valence-corrected chi connectivity index (χ4v) is 3.05. The number of rotatable bonds is 5. The Bertz CT molecular complexity index is 1250. The van der Waals surface area contributed by atoms with Crippen LogP contribution in [-0.4, -0.2) is 27.8 Å². The van der Waals surface area contributed by atoms with E-state index in [4.69, 9.17) is 0 Å². The van der Waals surface area contributed by atoms with Gasteiger partial charge in [0.1, 0.15) is 5.69 Å². The molecule has 0 bridgehead atoms. The van der Waals surface area contributed by atoms with Crippen molar-refractivity contribution in [3.63, 3.8) is 0 Å². The third-order valence-electron chi connectivity index (χ3n) is 4.70. The minimum absolute atomic E-state index is 0.537. The third-order valence-corrected chi connectivity index (χ3v) is 4.70. The van der Waals surface area contributed by atoms with Crippen LogP contribution in [0.2, 0.25) is 0 Å². The highest BCUT2D eigenvalue weighted by atomic mass is 16.2. The fourth-order valence-electron chi connectivity index (χ4n) is 3.05. The molecule has 0 saturated carbocycles. The molecule has 7 nitrogen and oxygen atoms in total. The van der Waals surface area contributed by atoms with Gasteiger partial charge in [-0.05, 0) is 31.2 Å². The van der Waals surface area contributed by atoms with Crippen molar-refractivity contribution in [3.8, 4) is 16.9 Å². The molecule has 7 heteroatoms. The summed E-state index contributed by atoms with van der Waals surface area (Å²) >= 11 is 0. The van der Waals surface area contributed by atoms with E-state index in [0.717, 1.165) is 16.8 Å². The molecule has 0 aliphatic carbocycles. The van der Waals surface area contributed by atoms with E-state index < -0.39 is 11.8 Å². The summed E-state index contributed by atoms with van der Waals surface area (Å²) in [5, 5.41) is 11.2. The number of nitrogens with one attached hydrogen (secondary N) is 2. The van der Waals surface area contributed by atoms with Crippen molar-refractivity contribution < 1.29 is 9.59 Å². The van der Waals surface area contributed by atoms with E-state index >= 15 is 0 Å². The molecule has 3 aromatic carbocycles. The lowest BCUT2D eigenvalue weighted by Gasteiger charge is -2.04. The van der Waals surface area contributed by atoms with Crippen LogP contribution in [0.15, 0.2) is 96.2 Å². The summed E-state index contributed by atoms with van der Waals surface area (Å²) in [4.78, 5) is 24.2. The first-order valence-corrected chi connectivity index (χ1v) is 10.0. The summed E-state index contributed by atoms with van der Waals surface area (Å²) in [6.45, 7) is 1.94. The number of para-hydroxylation sites is 1. The molecule has 0 unspecified atom stereocenters. The van der Waals surface area contributed by atoms with Crippen molar-refractivity contribution in [1.82, 2.24) is 15.2 Å². The molecule has 4 aromatic rings. The summed E-state index contributed by atoms with van der Waals surface area (Å²) < 4.78 is 1.75. The zero-order chi connectivity index (χ0) is 22.3. The molecule has 2 N–H and O–H groups in total. The number of hydrogen-bond acceptors (Lipinski definition) is 4. The minimum atomic E-state index is -0.862. The lowest BCUT2D eigenvalue weighted by Crippen LogP contribution is -2.32. The Kier molecular flexibility index (Phi) is 6.17. The number of carbonyl (C=O) groups excluding carboxylic acids is 2. The predicted molar refractivity (Wildman–Crippen MR) is 125 cm³/mol. The van der Waals surface area contributed by atoms with Gasteiger partial charge in [0.25, 0.3) is 0 Å². The van der Waals surface area contributed by atoms with Crippen LogP contribution < -0.4 is 10.7 Å². The molecule has 1 aromatic heterocycles. The van der Waals surface area contributed by atoms with Crippen molar-refractivity contribution in [2.45, 2.75) is 6.92 Å². The monoisotopic (exact) mass is 423 g/mol. The molecule has 0 aliphatic heterocycles. The van der Waals surface area contributed by atoms with Crippen molar-refractivity contribution >= 4 is 23.7 Å². The second kappa shape index (κ2) is 9.53. The number of hydrazone groups is 1. The Morgan fingerprint density at radius 1 is 0.875 bits per heavy atom. The highest BCUT2D eigenvalue weighted by Crippen LogP contribution is 2.22. The first-order valence-electron chi connectivity index (χ1n) is 10.0. The van der Waals surface area contributed by atoms with Gasteiger partial charge < -0.3 is 5.32 Å². The molecule has 0 aliphatic rings. The number of aromatic nitrogens is 2. The van der Waals surface area contributed by atoms with Crippen molar-refractivity contribution in [2.75, 3.05) is 5.32 Å². The van der Waals surface area contributed by atoms with Crippen LogP contribution >= 0.6 is 0 Å². The smallest absolute Gasteiger partial charge is 0.318 e. The summed E-state index contributed by atoms with van der Waals surface area (Å²) in [6, 6.07) is 26.5. The normalized spacial score (nSPS) is 10.8. The molecule has 4 rings (SSSR count). The van der Waals surface area contributed by atoms with E-state index in [0.29, 0.717) is 16.9 Å². The molecule has 158 valence electrons. The molecule has 0 spiro atoms. The SMILES string of the molecule is Cc1ccc(NC(=O)C(=O)N/N=C\c2cn(-c3ccccc3)nc2-c2ccccc2)cc1. The highest BCUT2D eigenvalue weighted by molar-refractivity contribution is 6.39. The second-order valence-electron chi connectivity index (χ2n) is 7.10. The maximum atomic E-state index is 12.1. The van der Waals surface area contributed by atoms with E-state index in [1.54, 1.807) is 16.8 Å². The van der Waals surface area contributed by atoms with Crippen LogP contribution in [0.5, 0.6) is 0 Å². The summed E-state index contributed by atoms with van der Waals surface area (Å²) in [7, 11) is 0. The average molecular weight is 423 g/mol. The topological polar surface area (TPSA) is 88.4 Å². The Morgan fingerprint density at radius 3 is 2.22 bits per heavy atom. The van der Waals surface area contributed by atoms with E-state index in [1.807, 2.05) is 85.9 Å². The number of anilines is 1. The predicted octanol–water partition coefficient (Wildman–Crippen LogP) is 3.94. The molecule has 32 heavy (non-hydrogen) atoms. The molecular weight excluding hydrogens is 402 g/mol. The van der Waals surface area contributed by atoms with Gasteiger partial charge in [0.2, 0.25) is 0 Å². The fraction of sp³-hybridized carbons (Fsp3) is 0.0400. The molecule has 0 fully saturated rings. The van der Waals surface area contributed by atoms with Crippen LogP contribution in [0.1, 0.15) is 11.1 Å². The van der Waals surface area contributed by atoms with Gasteiger partial charge in [0.05, 0.1) is 11.9 Å². The van der Waals surface area contributed by atoms with Gasteiger partial charge in [0, 0.05) is 23.0 Å². The number of aryl methyl sites for hydroxylation is 1. The molecule has 0 radical (unpaired) electrons. The molecule has 0 atom stereocenters. The third kappa shape index (κ3) is 4.96. The number of amides is 2. The van der Waals surface area contributed by atoms with Gasteiger partial charge in [-0.3, -0.25) is 9.59 Å². The van der Waals surface area contributed by atoms with E-state index in [1.165, 1.54) is 6.21 Å².